The summed E-state index contributed by atoms with van der Waals surface area (Å²) in [5.41, 5.74) is 5.84. The zero-order valence-corrected chi connectivity index (χ0v) is 13.7. The van der Waals surface area contributed by atoms with E-state index in [9.17, 15) is 13.2 Å². The molecule has 0 radical (unpaired) electrons. The van der Waals surface area contributed by atoms with Crippen LogP contribution in [0.5, 0.6) is 0 Å². The highest BCUT2D eigenvalue weighted by Crippen LogP contribution is 2.31. The standard InChI is InChI=1S/C15H22N2O4S/c1-11-12(14(18)21-2)6-5-7-13(11)22(19,20)17-15(10-16)8-3-4-9-15/h5-7,17H,3-4,8-10,16H2,1-2H3. The normalized spacial score (nSPS) is 17.4. The molecule has 3 N–H and O–H groups in total. The average Bonchev–Trinajstić information content (AvgIpc) is 2.95. The van der Waals surface area contributed by atoms with Gasteiger partial charge in [-0.05, 0) is 37.5 Å². The van der Waals surface area contributed by atoms with E-state index >= 15 is 0 Å². The van der Waals surface area contributed by atoms with Crippen LogP contribution in [-0.2, 0) is 14.8 Å². The molecule has 6 nitrogen and oxygen atoms in total. The van der Waals surface area contributed by atoms with Crippen molar-refractivity contribution in [2.75, 3.05) is 13.7 Å². The second-order valence-electron chi connectivity index (χ2n) is 5.72. The monoisotopic (exact) mass is 326 g/mol. The highest BCUT2D eigenvalue weighted by molar-refractivity contribution is 7.89. The van der Waals surface area contributed by atoms with Crippen LogP contribution in [0.25, 0.3) is 0 Å². The van der Waals surface area contributed by atoms with Crippen LogP contribution in [0.1, 0.15) is 41.6 Å². The number of hydrogen-bond acceptors (Lipinski definition) is 5. The van der Waals surface area contributed by atoms with Gasteiger partial charge in [-0.15, -0.1) is 0 Å². The Morgan fingerprint density at radius 3 is 2.55 bits per heavy atom. The fourth-order valence-electron chi connectivity index (χ4n) is 2.98. The van der Waals surface area contributed by atoms with Gasteiger partial charge in [0.05, 0.1) is 17.6 Å². The molecule has 1 fully saturated rings. The fourth-order valence-corrected chi connectivity index (χ4v) is 4.71. The van der Waals surface area contributed by atoms with Crippen LogP contribution in [0.4, 0.5) is 0 Å². The van der Waals surface area contributed by atoms with Gasteiger partial charge in [0, 0.05) is 12.1 Å². The van der Waals surface area contributed by atoms with Crippen LogP contribution in [0.3, 0.4) is 0 Å². The minimum atomic E-state index is -3.75. The summed E-state index contributed by atoms with van der Waals surface area (Å²) in [6.45, 7) is 1.87. The molecule has 2 rings (SSSR count). The summed E-state index contributed by atoms with van der Waals surface area (Å²) < 4.78 is 32.9. The number of methoxy groups -OCH3 is 1. The van der Waals surface area contributed by atoms with Gasteiger partial charge >= 0.3 is 5.97 Å². The molecule has 0 amide bonds. The Kier molecular flexibility index (Phi) is 4.89. The van der Waals surface area contributed by atoms with Crippen LogP contribution < -0.4 is 10.5 Å². The number of carbonyl (C=O) groups is 1. The molecule has 122 valence electrons. The van der Waals surface area contributed by atoms with E-state index in [4.69, 9.17) is 5.73 Å². The van der Waals surface area contributed by atoms with E-state index < -0.39 is 21.5 Å². The largest absolute Gasteiger partial charge is 0.465 e. The van der Waals surface area contributed by atoms with Gasteiger partial charge in [-0.1, -0.05) is 18.9 Å². The third-order valence-electron chi connectivity index (χ3n) is 4.28. The predicted molar refractivity (Wildman–Crippen MR) is 83.1 cm³/mol. The number of hydrogen-bond donors (Lipinski definition) is 2. The van der Waals surface area contributed by atoms with Gasteiger partial charge in [0.15, 0.2) is 0 Å². The van der Waals surface area contributed by atoms with Crippen molar-refractivity contribution in [3.05, 3.63) is 29.3 Å². The van der Waals surface area contributed by atoms with E-state index in [-0.39, 0.29) is 17.0 Å². The Labute approximate surface area is 131 Å². The van der Waals surface area contributed by atoms with Crippen LogP contribution >= 0.6 is 0 Å². The topological polar surface area (TPSA) is 98.5 Å². The van der Waals surface area contributed by atoms with E-state index in [1.54, 1.807) is 13.0 Å². The van der Waals surface area contributed by atoms with Crippen molar-refractivity contribution < 1.29 is 17.9 Å². The molecule has 1 aliphatic carbocycles. The molecule has 7 heteroatoms. The smallest absolute Gasteiger partial charge is 0.338 e. The van der Waals surface area contributed by atoms with E-state index in [0.717, 1.165) is 25.7 Å². The minimum absolute atomic E-state index is 0.0927. The third-order valence-corrected chi connectivity index (χ3v) is 6.00. The Bertz CT molecular complexity index is 664. The fraction of sp³-hybridized carbons (Fsp3) is 0.533. The van der Waals surface area contributed by atoms with Crippen LogP contribution in [-0.4, -0.2) is 33.6 Å². The lowest BCUT2D eigenvalue weighted by molar-refractivity contribution is 0.0599. The SMILES string of the molecule is COC(=O)c1cccc(S(=O)(=O)NC2(CN)CCCC2)c1C. The maximum absolute atomic E-state index is 12.7. The number of esters is 1. The predicted octanol–water partition coefficient (Wildman–Crippen LogP) is 1.33. The lowest BCUT2D eigenvalue weighted by Crippen LogP contribution is -2.51. The zero-order chi connectivity index (χ0) is 16.4. The molecule has 0 unspecified atom stereocenters. The van der Waals surface area contributed by atoms with Crippen molar-refractivity contribution in [3.8, 4) is 0 Å². The summed E-state index contributed by atoms with van der Waals surface area (Å²) >= 11 is 0. The first-order valence-corrected chi connectivity index (χ1v) is 8.75. The molecule has 1 saturated carbocycles. The molecule has 1 aromatic rings. The first-order chi connectivity index (χ1) is 10.4. The number of benzene rings is 1. The van der Waals surface area contributed by atoms with Crippen LogP contribution in [0.15, 0.2) is 23.1 Å². The van der Waals surface area contributed by atoms with Gasteiger partial charge < -0.3 is 10.5 Å². The van der Waals surface area contributed by atoms with E-state index in [0.29, 0.717) is 5.56 Å². The molecule has 0 aromatic heterocycles. The summed E-state index contributed by atoms with van der Waals surface area (Å²) in [7, 11) is -2.48. The molecule has 0 bridgehead atoms. The first kappa shape index (κ1) is 16.9. The van der Waals surface area contributed by atoms with Crippen molar-refractivity contribution in [2.24, 2.45) is 5.73 Å². The summed E-state index contributed by atoms with van der Waals surface area (Å²) in [6, 6.07) is 4.58. The third kappa shape index (κ3) is 3.16. The summed E-state index contributed by atoms with van der Waals surface area (Å²) in [5, 5.41) is 0. The van der Waals surface area contributed by atoms with Gasteiger partial charge in [-0.2, -0.15) is 0 Å². The van der Waals surface area contributed by atoms with E-state index in [2.05, 4.69) is 9.46 Å². The summed E-state index contributed by atoms with van der Waals surface area (Å²) in [5.74, 6) is -0.552. The van der Waals surface area contributed by atoms with Gasteiger partial charge in [0.2, 0.25) is 10.0 Å². The average molecular weight is 326 g/mol. The number of carbonyl (C=O) groups excluding carboxylic acids is 1. The molecule has 0 spiro atoms. The highest BCUT2D eigenvalue weighted by Gasteiger charge is 2.37. The molecule has 0 aliphatic heterocycles. The van der Waals surface area contributed by atoms with Crippen LogP contribution in [0.2, 0.25) is 0 Å². The molecule has 0 heterocycles. The Hall–Kier alpha value is -1.44. The molecule has 0 atom stereocenters. The highest BCUT2D eigenvalue weighted by atomic mass is 32.2. The second-order valence-corrected chi connectivity index (χ2v) is 7.37. The van der Waals surface area contributed by atoms with Gasteiger partial charge in [-0.3, -0.25) is 0 Å². The Balaban J connectivity index is 2.40. The first-order valence-electron chi connectivity index (χ1n) is 7.27. The molecule has 22 heavy (non-hydrogen) atoms. The maximum Gasteiger partial charge on any atom is 0.338 e. The number of sulfonamides is 1. The Morgan fingerprint density at radius 2 is 2.00 bits per heavy atom. The molecule has 0 saturated heterocycles. The van der Waals surface area contributed by atoms with E-state index in [1.807, 2.05) is 0 Å². The van der Waals surface area contributed by atoms with E-state index in [1.165, 1.54) is 19.2 Å². The minimum Gasteiger partial charge on any atom is -0.465 e. The number of nitrogens with one attached hydrogen (secondary N) is 1. The van der Waals surface area contributed by atoms with Crippen molar-refractivity contribution in [1.29, 1.82) is 0 Å². The van der Waals surface area contributed by atoms with Gasteiger partial charge in [0.1, 0.15) is 0 Å². The molecular weight excluding hydrogens is 304 g/mol. The summed E-state index contributed by atoms with van der Waals surface area (Å²) in [4.78, 5) is 11.8. The van der Waals surface area contributed by atoms with Crippen LogP contribution in [0, 0.1) is 6.92 Å². The maximum atomic E-state index is 12.7. The lowest BCUT2D eigenvalue weighted by atomic mass is 10.0. The lowest BCUT2D eigenvalue weighted by Gasteiger charge is -2.28. The zero-order valence-electron chi connectivity index (χ0n) is 12.9. The van der Waals surface area contributed by atoms with Crippen molar-refractivity contribution in [1.82, 2.24) is 4.72 Å². The molecule has 1 aliphatic rings. The Morgan fingerprint density at radius 1 is 1.36 bits per heavy atom. The van der Waals surface area contributed by atoms with Crippen molar-refractivity contribution >= 4 is 16.0 Å². The number of rotatable bonds is 5. The second kappa shape index (κ2) is 6.36. The number of nitrogens with two attached hydrogens (primary N) is 1. The van der Waals surface area contributed by atoms with Gasteiger partial charge in [-0.25, -0.2) is 17.9 Å². The molecule has 1 aromatic carbocycles. The van der Waals surface area contributed by atoms with Crippen molar-refractivity contribution in [2.45, 2.75) is 43.0 Å². The van der Waals surface area contributed by atoms with Gasteiger partial charge in [0.25, 0.3) is 0 Å². The molecular formula is C15H22N2O4S. The van der Waals surface area contributed by atoms with Crippen molar-refractivity contribution in [3.63, 3.8) is 0 Å². The number of ether oxygens (including phenoxy) is 1. The quantitative estimate of drug-likeness (QED) is 0.795. The summed E-state index contributed by atoms with van der Waals surface area (Å²) in [6.07, 6.45) is 3.39.